The molecule has 0 saturated heterocycles. The van der Waals surface area contributed by atoms with E-state index >= 15 is 0 Å². The van der Waals surface area contributed by atoms with E-state index in [1.54, 1.807) is 24.3 Å². The van der Waals surface area contributed by atoms with Crippen LogP contribution >= 0.6 is 0 Å². The lowest BCUT2D eigenvalue weighted by Gasteiger charge is -2.11. The molecule has 1 heterocycles. The van der Waals surface area contributed by atoms with Crippen LogP contribution in [0.5, 0.6) is 11.5 Å². The molecule has 4 aromatic rings. The molecular formula is C27H24N2O6. The zero-order chi connectivity index (χ0) is 24.6. The van der Waals surface area contributed by atoms with Crippen molar-refractivity contribution in [3.05, 3.63) is 95.4 Å². The van der Waals surface area contributed by atoms with Gasteiger partial charge in [0, 0.05) is 0 Å². The van der Waals surface area contributed by atoms with Gasteiger partial charge in [0.1, 0.15) is 12.4 Å². The summed E-state index contributed by atoms with van der Waals surface area (Å²) < 4.78 is 16.6. The molecule has 0 atom stereocenters. The number of furan rings is 1. The summed E-state index contributed by atoms with van der Waals surface area (Å²) in [6, 6.07) is 22.0. The van der Waals surface area contributed by atoms with E-state index in [0.29, 0.717) is 29.4 Å². The SMILES string of the molecule is CCOc1cc(C=NNC(=O)Cc2cccc3ccccc23)ccc1OCc1ccc(C(=O)O)o1. The molecule has 2 N–H and O–H groups in total. The highest BCUT2D eigenvalue weighted by Gasteiger charge is 2.12. The molecule has 0 unspecified atom stereocenters. The molecule has 8 nitrogen and oxygen atoms in total. The predicted molar refractivity (Wildman–Crippen MR) is 131 cm³/mol. The van der Waals surface area contributed by atoms with Gasteiger partial charge in [-0.15, -0.1) is 0 Å². The van der Waals surface area contributed by atoms with E-state index in [1.807, 2.05) is 49.4 Å². The van der Waals surface area contributed by atoms with Crippen molar-refractivity contribution in [2.45, 2.75) is 20.0 Å². The van der Waals surface area contributed by atoms with Crippen molar-refractivity contribution < 1.29 is 28.6 Å². The van der Waals surface area contributed by atoms with Crippen LogP contribution in [0.25, 0.3) is 10.8 Å². The second-order valence-corrected chi connectivity index (χ2v) is 7.61. The first-order valence-corrected chi connectivity index (χ1v) is 11.0. The van der Waals surface area contributed by atoms with Crippen LogP contribution < -0.4 is 14.9 Å². The maximum atomic E-state index is 12.4. The number of nitrogens with one attached hydrogen (secondary N) is 1. The Morgan fingerprint density at radius 2 is 1.83 bits per heavy atom. The summed E-state index contributed by atoms with van der Waals surface area (Å²) in [7, 11) is 0. The first kappa shape index (κ1) is 23.6. The largest absolute Gasteiger partial charge is 0.490 e. The van der Waals surface area contributed by atoms with Crippen LogP contribution in [0.15, 0.2) is 82.3 Å². The molecule has 0 aliphatic heterocycles. The number of fused-ring (bicyclic) bond motifs is 1. The highest BCUT2D eigenvalue weighted by Crippen LogP contribution is 2.29. The molecule has 0 aliphatic carbocycles. The third-order valence-corrected chi connectivity index (χ3v) is 5.14. The standard InChI is InChI=1S/C27H24N2O6/c1-2-33-25-14-18(10-12-23(25)34-17-21-11-13-24(35-21)27(31)32)16-28-29-26(30)15-20-8-5-7-19-6-3-4-9-22(19)20/h3-14,16H,2,15,17H2,1H3,(H,29,30)(H,31,32). The zero-order valence-electron chi connectivity index (χ0n) is 19.1. The molecule has 1 aromatic heterocycles. The minimum Gasteiger partial charge on any atom is -0.490 e. The number of ether oxygens (including phenoxy) is 2. The smallest absolute Gasteiger partial charge is 0.371 e. The van der Waals surface area contributed by atoms with Gasteiger partial charge >= 0.3 is 5.97 Å². The highest BCUT2D eigenvalue weighted by molar-refractivity contribution is 5.90. The Labute approximate surface area is 201 Å². The first-order chi connectivity index (χ1) is 17.0. The van der Waals surface area contributed by atoms with Gasteiger partial charge in [-0.1, -0.05) is 42.5 Å². The molecule has 35 heavy (non-hydrogen) atoms. The fourth-order valence-electron chi connectivity index (χ4n) is 3.55. The summed E-state index contributed by atoms with van der Waals surface area (Å²) in [6.07, 6.45) is 1.74. The molecular weight excluding hydrogens is 448 g/mol. The molecule has 0 radical (unpaired) electrons. The third kappa shape index (κ3) is 6.05. The molecule has 0 fully saturated rings. The number of carbonyl (C=O) groups excluding carboxylic acids is 1. The van der Waals surface area contributed by atoms with Crippen LogP contribution in [-0.2, 0) is 17.8 Å². The van der Waals surface area contributed by atoms with E-state index in [0.717, 1.165) is 16.3 Å². The lowest BCUT2D eigenvalue weighted by Crippen LogP contribution is -2.19. The van der Waals surface area contributed by atoms with Crippen molar-refractivity contribution in [2.75, 3.05) is 6.61 Å². The predicted octanol–water partition coefficient (Wildman–Crippen LogP) is 4.80. The normalized spacial score (nSPS) is 11.0. The van der Waals surface area contributed by atoms with Gasteiger partial charge in [-0.2, -0.15) is 5.10 Å². The first-order valence-electron chi connectivity index (χ1n) is 11.0. The van der Waals surface area contributed by atoms with E-state index in [1.165, 1.54) is 12.3 Å². The molecule has 0 bridgehead atoms. The van der Waals surface area contributed by atoms with Crippen molar-refractivity contribution >= 4 is 28.9 Å². The topological polar surface area (TPSA) is 110 Å². The summed E-state index contributed by atoms with van der Waals surface area (Å²) in [5.74, 6) is -0.172. The number of carbonyl (C=O) groups is 2. The second-order valence-electron chi connectivity index (χ2n) is 7.61. The Hall–Kier alpha value is -4.59. The van der Waals surface area contributed by atoms with Crippen molar-refractivity contribution in [2.24, 2.45) is 5.10 Å². The molecule has 4 rings (SSSR count). The average Bonchev–Trinajstić information content (AvgIpc) is 3.34. The van der Waals surface area contributed by atoms with Gasteiger partial charge in [-0.3, -0.25) is 4.79 Å². The minimum absolute atomic E-state index is 0.0466. The van der Waals surface area contributed by atoms with Crippen molar-refractivity contribution in [1.29, 1.82) is 0 Å². The number of carboxylic acid groups (broad SMARTS) is 1. The number of benzene rings is 3. The summed E-state index contributed by atoms with van der Waals surface area (Å²) in [5, 5.41) is 15.2. The quantitative estimate of drug-likeness (QED) is 0.253. The van der Waals surface area contributed by atoms with E-state index in [9.17, 15) is 9.59 Å². The van der Waals surface area contributed by atoms with Crippen LogP contribution in [0.4, 0.5) is 0 Å². The molecule has 3 aromatic carbocycles. The van der Waals surface area contributed by atoms with Gasteiger partial charge in [0.15, 0.2) is 11.5 Å². The van der Waals surface area contributed by atoms with Gasteiger partial charge in [-0.05, 0) is 59.2 Å². The number of carboxylic acids is 1. The fourth-order valence-corrected chi connectivity index (χ4v) is 3.55. The molecule has 1 amide bonds. The Morgan fingerprint density at radius 1 is 1.00 bits per heavy atom. The van der Waals surface area contributed by atoms with Gasteiger partial charge in [0.05, 0.1) is 19.2 Å². The van der Waals surface area contributed by atoms with E-state index in [-0.39, 0.29) is 24.7 Å². The Bertz CT molecular complexity index is 1370. The second kappa shape index (κ2) is 11.0. The van der Waals surface area contributed by atoms with E-state index in [4.69, 9.17) is 19.0 Å². The third-order valence-electron chi connectivity index (χ3n) is 5.14. The lowest BCUT2D eigenvalue weighted by molar-refractivity contribution is -0.120. The summed E-state index contributed by atoms with van der Waals surface area (Å²) >= 11 is 0. The Morgan fingerprint density at radius 3 is 2.63 bits per heavy atom. The van der Waals surface area contributed by atoms with Crippen LogP contribution in [0.3, 0.4) is 0 Å². The number of aromatic carboxylic acids is 1. The molecule has 0 saturated carbocycles. The Kier molecular flexibility index (Phi) is 7.42. The zero-order valence-corrected chi connectivity index (χ0v) is 19.1. The highest BCUT2D eigenvalue weighted by atomic mass is 16.5. The monoisotopic (exact) mass is 472 g/mol. The molecule has 0 spiro atoms. The van der Waals surface area contributed by atoms with E-state index < -0.39 is 5.97 Å². The van der Waals surface area contributed by atoms with Gasteiger partial charge in [-0.25, -0.2) is 10.2 Å². The lowest BCUT2D eigenvalue weighted by atomic mass is 10.0. The average molecular weight is 472 g/mol. The molecule has 8 heteroatoms. The van der Waals surface area contributed by atoms with Crippen molar-refractivity contribution in [1.82, 2.24) is 5.43 Å². The van der Waals surface area contributed by atoms with E-state index in [2.05, 4.69) is 10.5 Å². The number of amides is 1. The maximum absolute atomic E-state index is 12.4. The van der Waals surface area contributed by atoms with Crippen molar-refractivity contribution in [3.63, 3.8) is 0 Å². The number of rotatable bonds is 10. The number of nitrogens with zero attached hydrogens (tertiary/aromatic N) is 1. The van der Waals surface area contributed by atoms with Crippen molar-refractivity contribution in [3.8, 4) is 11.5 Å². The van der Waals surface area contributed by atoms with Crippen LogP contribution in [0.1, 0.15) is 34.4 Å². The van der Waals surface area contributed by atoms with Crippen LogP contribution in [0, 0.1) is 0 Å². The number of hydrogen-bond donors (Lipinski definition) is 2. The van der Waals surface area contributed by atoms with Crippen LogP contribution in [-0.4, -0.2) is 29.8 Å². The number of hydrogen-bond acceptors (Lipinski definition) is 6. The number of hydrazone groups is 1. The fraction of sp³-hybridized carbons (Fsp3) is 0.148. The summed E-state index contributed by atoms with van der Waals surface area (Å²) in [4.78, 5) is 23.4. The van der Waals surface area contributed by atoms with Crippen LogP contribution in [0.2, 0.25) is 0 Å². The Balaban J connectivity index is 1.38. The summed E-state index contributed by atoms with van der Waals surface area (Å²) in [6.45, 7) is 2.32. The van der Waals surface area contributed by atoms with Gasteiger partial charge in [0.2, 0.25) is 11.7 Å². The maximum Gasteiger partial charge on any atom is 0.371 e. The van der Waals surface area contributed by atoms with Gasteiger partial charge < -0.3 is 19.0 Å². The molecule has 0 aliphatic rings. The minimum atomic E-state index is -1.14. The summed E-state index contributed by atoms with van der Waals surface area (Å²) in [5.41, 5.74) is 4.21. The molecule has 178 valence electrons. The van der Waals surface area contributed by atoms with Gasteiger partial charge in [0.25, 0.3) is 0 Å².